The molecule has 0 N–H and O–H groups in total. The van der Waals surface area contributed by atoms with Gasteiger partial charge in [-0.1, -0.05) is 0 Å². The number of hydrogen-bond acceptors (Lipinski definition) is 0. The van der Waals surface area contributed by atoms with Gasteiger partial charge in [-0.05, 0) is 0 Å². The summed E-state index contributed by atoms with van der Waals surface area (Å²) in [6.07, 6.45) is 1.03. The summed E-state index contributed by atoms with van der Waals surface area (Å²) in [6, 6.07) is 31.5. The third kappa shape index (κ3) is 7.00. The van der Waals surface area contributed by atoms with Crippen LogP contribution in [0.3, 0.4) is 0 Å². The molecule has 0 spiro atoms. The van der Waals surface area contributed by atoms with Crippen LogP contribution in [0.5, 0.6) is 0 Å². The SMILES string of the molecule is CC1=C(C)C(C)[C]([Zr+2](=[C](c2ccc(C)cc2)c2ccc(C)cc2)[c]2cc(C(C)(C)C)cc3c2Cc2ccc(C(C)(C)C)cc2-3)=C1C.[Cl-].[Cl-]. The van der Waals surface area contributed by atoms with E-state index in [0.29, 0.717) is 5.92 Å². The number of hydrogen-bond donors (Lipinski definition) is 0. The van der Waals surface area contributed by atoms with Crippen molar-refractivity contribution < 1.29 is 46.1 Å². The first-order valence-corrected chi connectivity index (χ1v) is 20.8. The number of fused-ring (bicyclic) bond motifs is 3. The third-order valence-corrected chi connectivity index (χ3v) is 19.2. The molecule has 0 radical (unpaired) electrons. The normalized spacial score (nSPS) is 15.4. The van der Waals surface area contributed by atoms with Crippen molar-refractivity contribution >= 4 is 6.48 Å². The van der Waals surface area contributed by atoms with E-state index < -0.39 is 21.3 Å². The van der Waals surface area contributed by atoms with Crippen molar-refractivity contribution in [2.24, 2.45) is 5.92 Å². The van der Waals surface area contributed by atoms with Crippen molar-refractivity contribution in [1.29, 1.82) is 0 Å². The molecule has 0 saturated heterocycles. The van der Waals surface area contributed by atoms with Gasteiger partial charge in [-0.2, -0.15) is 0 Å². The molecule has 48 heavy (non-hydrogen) atoms. The van der Waals surface area contributed by atoms with Crippen molar-refractivity contribution in [2.75, 3.05) is 0 Å². The second-order valence-corrected chi connectivity index (χ2v) is 21.9. The van der Waals surface area contributed by atoms with Crippen LogP contribution >= 0.6 is 0 Å². The monoisotopic (exact) mass is 752 g/mol. The van der Waals surface area contributed by atoms with Crippen LogP contribution in [0.15, 0.2) is 98.9 Å². The van der Waals surface area contributed by atoms with Gasteiger partial charge in [-0.25, -0.2) is 0 Å². The van der Waals surface area contributed by atoms with E-state index in [2.05, 4.69) is 162 Å². The first-order chi connectivity index (χ1) is 21.6. The van der Waals surface area contributed by atoms with Crippen LogP contribution in [-0.4, -0.2) is 3.21 Å². The summed E-state index contributed by atoms with van der Waals surface area (Å²) in [5.74, 6) is 0.463. The van der Waals surface area contributed by atoms with E-state index in [1.54, 1.807) is 26.5 Å². The van der Waals surface area contributed by atoms with Gasteiger partial charge < -0.3 is 24.8 Å². The largest absolute Gasteiger partial charge is 1.00 e. The van der Waals surface area contributed by atoms with Crippen LogP contribution in [0.1, 0.15) is 114 Å². The summed E-state index contributed by atoms with van der Waals surface area (Å²) in [7, 11) is 0. The van der Waals surface area contributed by atoms with Gasteiger partial charge in [0.1, 0.15) is 0 Å². The van der Waals surface area contributed by atoms with Gasteiger partial charge in [0.15, 0.2) is 0 Å². The Labute approximate surface area is 311 Å². The zero-order valence-corrected chi connectivity index (χ0v) is 35.0. The minimum absolute atomic E-state index is 0. The average Bonchev–Trinajstić information content (AvgIpc) is 3.46. The summed E-state index contributed by atoms with van der Waals surface area (Å²) in [4.78, 5) is 0. The molecule has 0 amide bonds. The molecular formula is C45H52Cl2Zr. The van der Waals surface area contributed by atoms with Gasteiger partial charge in [0, 0.05) is 0 Å². The van der Waals surface area contributed by atoms with E-state index in [0.717, 1.165) is 6.42 Å². The molecule has 0 saturated carbocycles. The zero-order valence-electron chi connectivity index (χ0n) is 31.0. The summed E-state index contributed by atoms with van der Waals surface area (Å²) >= 11 is -2.89. The molecule has 0 fully saturated rings. The molecule has 1 unspecified atom stereocenters. The van der Waals surface area contributed by atoms with Gasteiger partial charge in [0.2, 0.25) is 0 Å². The van der Waals surface area contributed by atoms with Crippen LogP contribution in [0.2, 0.25) is 0 Å². The number of benzene rings is 4. The van der Waals surface area contributed by atoms with Gasteiger partial charge in [0.05, 0.1) is 0 Å². The van der Waals surface area contributed by atoms with Crippen LogP contribution in [0.25, 0.3) is 11.1 Å². The minimum atomic E-state index is -2.89. The Bertz CT molecular complexity index is 1910. The fourth-order valence-electron chi connectivity index (χ4n) is 7.48. The Morgan fingerprint density at radius 3 is 1.56 bits per heavy atom. The molecule has 250 valence electrons. The fourth-order valence-corrected chi connectivity index (χ4v) is 16.8. The average molecular weight is 755 g/mol. The molecule has 0 bridgehead atoms. The molecule has 0 nitrogen and oxygen atoms in total. The van der Waals surface area contributed by atoms with Crippen LogP contribution in [-0.2, 0) is 38.5 Å². The molecule has 4 aromatic carbocycles. The quantitative estimate of drug-likeness (QED) is 0.236. The molecule has 4 aromatic rings. The number of aryl methyl sites for hydroxylation is 2. The van der Waals surface area contributed by atoms with Crippen molar-refractivity contribution in [2.45, 2.75) is 100 Å². The van der Waals surface area contributed by atoms with E-state index in [1.165, 1.54) is 55.6 Å². The summed E-state index contributed by atoms with van der Waals surface area (Å²) in [6.45, 7) is 28.3. The molecule has 2 aliphatic rings. The Kier molecular flexibility index (Phi) is 11.3. The van der Waals surface area contributed by atoms with Gasteiger partial charge in [-0.15, -0.1) is 0 Å². The Hall–Kier alpha value is -2.31. The maximum atomic E-state index is 2.68. The van der Waals surface area contributed by atoms with Gasteiger partial charge in [0.25, 0.3) is 0 Å². The minimum Gasteiger partial charge on any atom is -1.00 e. The fraction of sp³-hybridized carbons (Fsp3) is 0.356. The molecule has 2 aliphatic carbocycles. The standard InChI is InChI=1S/C21H25.C15H14.C9H13.2ClH.Zr/c1-20(2,3)16-9-7-14-11-15-8-10-17(21(4,5)6)13-19(15)18(14)12-16;1-12-3-7-14(8-4-12)11-15-9-5-13(2)6-10-15;1-6-5-7(2)9(4)8(6)3;;;/h7,9-10,12-13H,11H2,1-6H3;3-10H,1-2H3;6H,1-4H3;2*1H;/q;;;;;+2/p-2. The molecular weight excluding hydrogens is 703 g/mol. The second kappa shape index (κ2) is 14.1. The van der Waals surface area contributed by atoms with Crippen LogP contribution in [0, 0.1) is 19.8 Å². The van der Waals surface area contributed by atoms with Crippen LogP contribution in [0.4, 0.5) is 0 Å². The van der Waals surface area contributed by atoms with E-state index in [4.69, 9.17) is 0 Å². The number of halogens is 2. The topological polar surface area (TPSA) is 0 Å². The first-order valence-electron chi connectivity index (χ1n) is 17.1. The molecule has 6 rings (SSSR count). The molecule has 0 aromatic heterocycles. The zero-order chi connectivity index (χ0) is 33.3. The number of rotatable bonds is 4. The van der Waals surface area contributed by atoms with Gasteiger partial charge >= 0.3 is 288 Å². The Morgan fingerprint density at radius 1 is 0.604 bits per heavy atom. The summed E-state index contributed by atoms with van der Waals surface area (Å²) < 4.78 is 5.05. The molecule has 1 atom stereocenters. The molecule has 3 heteroatoms. The smallest absolute Gasteiger partial charge is 1.00 e. The van der Waals surface area contributed by atoms with Crippen molar-refractivity contribution in [1.82, 2.24) is 0 Å². The predicted octanol–water partition coefficient (Wildman–Crippen LogP) is 5.25. The van der Waals surface area contributed by atoms with E-state index in [9.17, 15) is 0 Å². The molecule has 0 heterocycles. The van der Waals surface area contributed by atoms with Crippen LogP contribution < -0.4 is 28.1 Å². The number of allylic oxidation sites excluding steroid dienone is 4. The third-order valence-electron chi connectivity index (χ3n) is 10.9. The summed E-state index contributed by atoms with van der Waals surface area (Å²) in [5.41, 5.74) is 19.1. The van der Waals surface area contributed by atoms with Crippen molar-refractivity contribution in [3.63, 3.8) is 0 Å². The predicted molar refractivity (Wildman–Crippen MR) is 198 cm³/mol. The molecule has 0 aliphatic heterocycles. The Balaban J connectivity index is 0.00000260. The van der Waals surface area contributed by atoms with E-state index in [-0.39, 0.29) is 35.6 Å². The first kappa shape index (κ1) is 38.5. The summed E-state index contributed by atoms with van der Waals surface area (Å²) in [5, 5.41) is 0. The van der Waals surface area contributed by atoms with E-state index in [1.807, 2.05) is 0 Å². The maximum Gasteiger partial charge on any atom is -1.00 e. The van der Waals surface area contributed by atoms with E-state index >= 15 is 0 Å². The van der Waals surface area contributed by atoms with Crippen molar-refractivity contribution in [3.8, 4) is 11.1 Å². The maximum absolute atomic E-state index is 2.89. The second-order valence-electron chi connectivity index (χ2n) is 16.1. The Morgan fingerprint density at radius 2 is 1.10 bits per heavy atom. The van der Waals surface area contributed by atoms with Gasteiger partial charge in [-0.3, -0.25) is 0 Å². The van der Waals surface area contributed by atoms with Crippen molar-refractivity contribution in [3.05, 3.63) is 143 Å².